The number of hydrogen-bond donors (Lipinski definition) is 1. The van der Waals surface area contributed by atoms with E-state index in [9.17, 15) is 9.18 Å². The second-order valence-corrected chi connectivity index (χ2v) is 10.4. The molecule has 1 fully saturated rings. The fourth-order valence-electron chi connectivity index (χ4n) is 4.73. The summed E-state index contributed by atoms with van der Waals surface area (Å²) in [6, 6.07) is 12.6. The number of morpholine rings is 1. The number of rotatable bonds is 7. The normalized spacial score (nSPS) is 13.5. The van der Waals surface area contributed by atoms with E-state index < -0.39 is 11.7 Å². The molecule has 3 aromatic heterocycles. The third kappa shape index (κ3) is 7.30. The molecule has 0 spiro atoms. The van der Waals surface area contributed by atoms with Gasteiger partial charge in [0.05, 0.1) is 24.5 Å². The lowest BCUT2D eigenvalue weighted by atomic mass is 10.1. The standard InChI is InChI=1S/C29H28FN7O3.C3H8/c1-18-26(40-19(2)32-18)28(38)33-23-7-8-25(30)24(15-23)27-34-29-31-16-22(17-37(29)35-27)21-5-3-20(4-6-21)9-10-36-11-13-39-14-12-36;1-3-2/h3-8,15-17H,9-14H2,1-2H3,(H,33,38);3H2,1-2H3. The zero-order valence-corrected chi connectivity index (χ0v) is 24.9. The van der Waals surface area contributed by atoms with Gasteiger partial charge in [-0.3, -0.25) is 9.69 Å². The molecule has 1 amide bonds. The molecule has 1 aliphatic rings. The highest BCUT2D eigenvalue weighted by molar-refractivity contribution is 6.03. The number of halogens is 1. The highest BCUT2D eigenvalue weighted by atomic mass is 19.1. The quantitative estimate of drug-likeness (QED) is 0.257. The number of aryl methyl sites for hydroxylation is 2. The van der Waals surface area contributed by atoms with Crippen LogP contribution in [0.2, 0.25) is 0 Å². The second-order valence-electron chi connectivity index (χ2n) is 10.4. The fourth-order valence-corrected chi connectivity index (χ4v) is 4.73. The van der Waals surface area contributed by atoms with Gasteiger partial charge in [-0.1, -0.05) is 44.5 Å². The Labute approximate surface area is 249 Å². The molecule has 1 N–H and O–H groups in total. The van der Waals surface area contributed by atoms with E-state index in [4.69, 9.17) is 9.15 Å². The summed E-state index contributed by atoms with van der Waals surface area (Å²) in [7, 11) is 0. The van der Waals surface area contributed by atoms with Crippen LogP contribution < -0.4 is 5.32 Å². The van der Waals surface area contributed by atoms with Crippen LogP contribution in [0.4, 0.5) is 10.1 Å². The smallest absolute Gasteiger partial charge is 0.293 e. The molecular formula is C32H36FN7O3. The van der Waals surface area contributed by atoms with Crippen molar-refractivity contribution in [3.8, 4) is 22.5 Å². The van der Waals surface area contributed by atoms with E-state index >= 15 is 0 Å². The van der Waals surface area contributed by atoms with Gasteiger partial charge in [-0.25, -0.2) is 18.9 Å². The monoisotopic (exact) mass is 585 g/mol. The summed E-state index contributed by atoms with van der Waals surface area (Å²) in [6.45, 7) is 12.2. The molecule has 0 atom stereocenters. The number of ether oxygens (including phenoxy) is 1. The van der Waals surface area contributed by atoms with E-state index in [1.54, 1.807) is 20.0 Å². The highest BCUT2D eigenvalue weighted by Gasteiger charge is 2.18. The van der Waals surface area contributed by atoms with Crippen molar-refractivity contribution in [2.45, 2.75) is 40.5 Å². The maximum Gasteiger partial charge on any atom is 0.293 e. The van der Waals surface area contributed by atoms with E-state index in [1.807, 2.05) is 6.20 Å². The molecule has 0 bridgehead atoms. The lowest BCUT2D eigenvalue weighted by Crippen LogP contribution is -2.37. The van der Waals surface area contributed by atoms with Crippen molar-refractivity contribution in [3.05, 3.63) is 83.6 Å². The number of anilines is 1. The van der Waals surface area contributed by atoms with Gasteiger partial charge >= 0.3 is 0 Å². The van der Waals surface area contributed by atoms with Gasteiger partial charge in [0.1, 0.15) is 5.82 Å². The Morgan fingerprint density at radius 2 is 1.77 bits per heavy atom. The summed E-state index contributed by atoms with van der Waals surface area (Å²) < 4.78 is 27.1. The Morgan fingerprint density at radius 3 is 2.47 bits per heavy atom. The molecule has 6 rings (SSSR count). The molecule has 11 heteroatoms. The molecule has 0 unspecified atom stereocenters. The second kappa shape index (κ2) is 13.7. The lowest BCUT2D eigenvalue weighted by Gasteiger charge is -2.26. The Morgan fingerprint density at radius 1 is 1.02 bits per heavy atom. The number of carbonyl (C=O) groups is 1. The maximum absolute atomic E-state index is 14.8. The Balaban J connectivity index is 0.00000118. The Kier molecular flexibility index (Phi) is 9.53. The van der Waals surface area contributed by atoms with Crippen LogP contribution in [-0.4, -0.2) is 68.2 Å². The Hall–Kier alpha value is -4.48. The topological polar surface area (TPSA) is 111 Å². The molecule has 5 aromatic rings. The highest BCUT2D eigenvalue weighted by Crippen LogP contribution is 2.26. The molecule has 43 heavy (non-hydrogen) atoms. The molecule has 10 nitrogen and oxygen atoms in total. The van der Waals surface area contributed by atoms with Gasteiger partial charge in [0.25, 0.3) is 11.7 Å². The minimum absolute atomic E-state index is 0.107. The van der Waals surface area contributed by atoms with E-state index in [-0.39, 0.29) is 17.1 Å². The van der Waals surface area contributed by atoms with Crippen LogP contribution in [0.15, 0.2) is 59.3 Å². The third-order valence-electron chi connectivity index (χ3n) is 6.88. The molecular weight excluding hydrogens is 549 g/mol. The van der Waals surface area contributed by atoms with Crippen LogP contribution in [0.25, 0.3) is 28.3 Å². The summed E-state index contributed by atoms with van der Waals surface area (Å²) in [6.07, 6.45) is 5.78. The molecule has 1 aliphatic heterocycles. The summed E-state index contributed by atoms with van der Waals surface area (Å²) in [5.74, 6) is -0.00423. The van der Waals surface area contributed by atoms with E-state index in [0.29, 0.717) is 23.0 Å². The number of amides is 1. The van der Waals surface area contributed by atoms with Gasteiger partial charge < -0.3 is 14.5 Å². The number of hydrogen-bond acceptors (Lipinski definition) is 8. The summed E-state index contributed by atoms with van der Waals surface area (Å²) in [4.78, 5) is 28.0. The third-order valence-corrected chi connectivity index (χ3v) is 6.88. The largest absolute Gasteiger partial charge is 0.436 e. The maximum atomic E-state index is 14.8. The number of benzene rings is 2. The van der Waals surface area contributed by atoms with Crippen LogP contribution in [0.1, 0.15) is 48.0 Å². The minimum atomic E-state index is -0.520. The van der Waals surface area contributed by atoms with Crippen LogP contribution in [0.5, 0.6) is 0 Å². The van der Waals surface area contributed by atoms with Crippen molar-refractivity contribution in [1.29, 1.82) is 0 Å². The zero-order valence-electron chi connectivity index (χ0n) is 24.9. The Bertz CT molecular complexity index is 1690. The van der Waals surface area contributed by atoms with Crippen molar-refractivity contribution in [2.24, 2.45) is 0 Å². The molecule has 0 saturated carbocycles. The van der Waals surface area contributed by atoms with Crippen molar-refractivity contribution >= 4 is 17.4 Å². The number of aromatic nitrogens is 5. The van der Waals surface area contributed by atoms with Gasteiger partial charge in [0.2, 0.25) is 5.76 Å². The number of nitrogens with zero attached hydrogens (tertiary/aromatic N) is 6. The van der Waals surface area contributed by atoms with E-state index in [1.165, 1.54) is 34.7 Å². The van der Waals surface area contributed by atoms with Crippen LogP contribution in [0, 0.1) is 19.7 Å². The SMILES string of the molecule is CCC.Cc1nc(C)c(C(=O)Nc2ccc(F)c(-c3nc4ncc(-c5ccc(CCN6CCOCC6)cc5)cn4n3)c2)o1. The van der Waals surface area contributed by atoms with Crippen molar-refractivity contribution in [3.63, 3.8) is 0 Å². The van der Waals surface area contributed by atoms with Crippen molar-refractivity contribution < 1.29 is 18.3 Å². The predicted octanol–water partition coefficient (Wildman–Crippen LogP) is 5.75. The van der Waals surface area contributed by atoms with Gasteiger partial charge in [-0.15, -0.1) is 5.10 Å². The average molecular weight is 586 g/mol. The minimum Gasteiger partial charge on any atom is -0.436 e. The number of oxazole rings is 1. The lowest BCUT2D eigenvalue weighted by molar-refractivity contribution is 0.0384. The van der Waals surface area contributed by atoms with Crippen LogP contribution >= 0.6 is 0 Å². The number of nitrogens with one attached hydrogen (secondary N) is 1. The molecule has 1 saturated heterocycles. The first-order valence-electron chi connectivity index (χ1n) is 14.5. The first kappa shape index (κ1) is 30.0. The zero-order chi connectivity index (χ0) is 30.3. The van der Waals surface area contributed by atoms with Crippen molar-refractivity contribution in [2.75, 3.05) is 38.2 Å². The molecule has 0 radical (unpaired) electrons. The number of fused-ring (bicyclic) bond motifs is 1. The molecule has 4 heterocycles. The van der Waals surface area contributed by atoms with Gasteiger partial charge in [-0.2, -0.15) is 4.98 Å². The number of carbonyl (C=O) groups excluding carboxylic acids is 1. The van der Waals surface area contributed by atoms with Crippen LogP contribution in [-0.2, 0) is 11.2 Å². The molecule has 2 aromatic carbocycles. The van der Waals surface area contributed by atoms with Crippen LogP contribution in [0.3, 0.4) is 0 Å². The van der Waals surface area contributed by atoms with E-state index in [2.05, 4.69) is 68.4 Å². The molecule has 224 valence electrons. The van der Waals surface area contributed by atoms with Gasteiger partial charge in [0.15, 0.2) is 11.7 Å². The molecule has 0 aliphatic carbocycles. The first-order valence-corrected chi connectivity index (χ1v) is 14.5. The predicted molar refractivity (Wildman–Crippen MR) is 162 cm³/mol. The summed E-state index contributed by atoms with van der Waals surface area (Å²) >= 11 is 0. The average Bonchev–Trinajstić information content (AvgIpc) is 3.59. The first-order chi connectivity index (χ1) is 20.8. The fraction of sp³-hybridized carbons (Fsp3) is 0.344. The summed E-state index contributed by atoms with van der Waals surface area (Å²) in [5.41, 5.74) is 4.11. The van der Waals surface area contributed by atoms with E-state index in [0.717, 1.165) is 50.4 Å². The summed E-state index contributed by atoms with van der Waals surface area (Å²) in [5, 5.41) is 7.19. The van der Waals surface area contributed by atoms with Crippen molar-refractivity contribution in [1.82, 2.24) is 29.5 Å². The van der Waals surface area contributed by atoms with Gasteiger partial charge in [0, 0.05) is 50.2 Å². The van der Waals surface area contributed by atoms with Gasteiger partial charge in [-0.05, 0) is 42.7 Å².